The first-order valence-electron chi connectivity index (χ1n) is 7.26. The zero-order chi connectivity index (χ0) is 15.1. The van der Waals surface area contributed by atoms with Gasteiger partial charge in [0.1, 0.15) is 0 Å². The van der Waals surface area contributed by atoms with Gasteiger partial charge in [0.2, 0.25) is 0 Å². The molecule has 1 aromatic rings. The SMILES string of the molecule is [2H]C([2H])([2H])C[C@@H]1C(=O)OC[C@@H]1C([2H])([2H])c1cncn1C. The molecule has 15 heavy (non-hydrogen) atoms. The fraction of sp³-hybridized carbons (Fsp3) is 0.636. The van der Waals surface area contributed by atoms with E-state index in [1.54, 1.807) is 7.05 Å². The summed E-state index contributed by atoms with van der Waals surface area (Å²) in [5, 5.41) is 0. The molecule has 0 saturated carbocycles. The molecule has 82 valence electrons. The third kappa shape index (κ3) is 1.89. The van der Waals surface area contributed by atoms with E-state index in [9.17, 15) is 4.79 Å². The lowest BCUT2D eigenvalue weighted by atomic mass is 9.89. The van der Waals surface area contributed by atoms with Crippen molar-refractivity contribution in [3.8, 4) is 0 Å². The van der Waals surface area contributed by atoms with E-state index in [2.05, 4.69) is 4.98 Å². The largest absolute Gasteiger partial charge is 0.465 e. The quantitative estimate of drug-likeness (QED) is 0.708. The minimum atomic E-state index is -2.30. The molecule has 0 N–H and O–H groups in total. The van der Waals surface area contributed by atoms with Crippen LogP contribution in [0.25, 0.3) is 0 Å². The molecule has 1 aliphatic heterocycles. The number of ether oxygens (including phenoxy) is 1. The zero-order valence-electron chi connectivity index (χ0n) is 13.4. The van der Waals surface area contributed by atoms with Crippen LogP contribution in [0.15, 0.2) is 12.5 Å². The van der Waals surface area contributed by atoms with E-state index in [-0.39, 0.29) is 13.0 Å². The second-order valence-electron chi connectivity index (χ2n) is 3.58. The summed E-state index contributed by atoms with van der Waals surface area (Å²) in [6.07, 6.45) is 0.583. The van der Waals surface area contributed by atoms with Crippen LogP contribution < -0.4 is 0 Å². The number of nitrogens with zero attached hydrogens (tertiary/aromatic N) is 2. The van der Waals surface area contributed by atoms with Gasteiger partial charge in [-0.3, -0.25) is 4.79 Å². The molecular formula is C11H16N2O2. The normalized spacial score (nSPS) is 32.3. The highest BCUT2D eigenvalue weighted by Crippen LogP contribution is 2.27. The first kappa shape index (κ1) is 5.68. The molecule has 0 aliphatic carbocycles. The van der Waals surface area contributed by atoms with Crippen LogP contribution >= 0.6 is 0 Å². The van der Waals surface area contributed by atoms with Crippen LogP contribution in [0.2, 0.25) is 0 Å². The maximum absolute atomic E-state index is 11.7. The average Bonchev–Trinajstić information content (AvgIpc) is 2.85. The Balaban J connectivity index is 2.30. The van der Waals surface area contributed by atoms with Crippen LogP contribution in [0.5, 0.6) is 0 Å². The van der Waals surface area contributed by atoms with Gasteiger partial charge in [-0.25, -0.2) is 4.98 Å². The van der Waals surface area contributed by atoms with Gasteiger partial charge in [0.05, 0.1) is 18.9 Å². The van der Waals surface area contributed by atoms with E-state index in [1.165, 1.54) is 17.1 Å². The Labute approximate surface area is 96.3 Å². The summed E-state index contributed by atoms with van der Waals surface area (Å²) in [5.74, 6) is -2.43. The molecule has 2 rings (SSSR count). The molecule has 0 radical (unpaired) electrons. The van der Waals surface area contributed by atoms with Crippen molar-refractivity contribution in [2.75, 3.05) is 6.61 Å². The first-order chi connectivity index (χ1) is 9.13. The molecule has 0 amide bonds. The molecular weight excluding hydrogens is 192 g/mol. The maximum atomic E-state index is 11.7. The van der Waals surface area contributed by atoms with Crippen LogP contribution in [0, 0.1) is 11.8 Å². The fourth-order valence-electron chi connectivity index (χ4n) is 1.61. The van der Waals surface area contributed by atoms with Gasteiger partial charge in [0.25, 0.3) is 0 Å². The van der Waals surface area contributed by atoms with E-state index < -0.39 is 31.0 Å². The van der Waals surface area contributed by atoms with Crippen molar-refractivity contribution < 1.29 is 16.4 Å². The molecule has 4 nitrogen and oxygen atoms in total. The zero-order valence-corrected chi connectivity index (χ0v) is 8.43. The van der Waals surface area contributed by atoms with Crippen LogP contribution in [-0.2, 0) is 23.0 Å². The third-order valence-electron chi connectivity index (χ3n) is 2.56. The van der Waals surface area contributed by atoms with Crippen LogP contribution in [0.1, 0.15) is 25.8 Å². The standard InChI is InChI=1S/C11H16N2O2/c1-3-10-8(6-15-11(10)14)4-9-5-12-7-13(9)2/h5,7-8,10H,3-4,6H2,1-2H3/t8-,10-/m0/s1/i1D3,4D2. The van der Waals surface area contributed by atoms with Gasteiger partial charge in [-0.05, 0) is 12.8 Å². The molecule has 0 unspecified atom stereocenters. The van der Waals surface area contributed by atoms with Crippen molar-refractivity contribution in [3.63, 3.8) is 0 Å². The third-order valence-corrected chi connectivity index (χ3v) is 2.56. The van der Waals surface area contributed by atoms with Gasteiger partial charge >= 0.3 is 5.97 Å². The van der Waals surface area contributed by atoms with Gasteiger partial charge in [-0.15, -0.1) is 0 Å². The Morgan fingerprint density at radius 2 is 2.73 bits per heavy atom. The van der Waals surface area contributed by atoms with E-state index in [0.29, 0.717) is 5.69 Å². The number of aromatic nitrogens is 2. The molecule has 1 fully saturated rings. The highest BCUT2D eigenvalue weighted by atomic mass is 16.5. The number of aryl methyl sites for hydroxylation is 1. The summed E-state index contributed by atoms with van der Waals surface area (Å²) >= 11 is 0. The van der Waals surface area contributed by atoms with Crippen LogP contribution in [-0.4, -0.2) is 22.1 Å². The minimum Gasteiger partial charge on any atom is -0.465 e. The van der Waals surface area contributed by atoms with Crippen molar-refractivity contribution in [1.82, 2.24) is 9.55 Å². The van der Waals surface area contributed by atoms with E-state index in [4.69, 9.17) is 11.6 Å². The van der Waals surface area contributed by atoms with Gasteiger partial charge < -0.3 is 9.30 Å². The highest BCUT2D eigenvalue weighted by Gasteiger charge is 2.35. The van der Waals surface area contributed by atoms with Crippen molar-refractivity contribution in [1.29, 1.82) is 0 Å². The Morgan fingerprint density at radius 3 is 3.40 bits per heavy atom. The number of carbonyl (C=O) groups is 1. The Kier molecular flexibility index (Phi) is 1.53. The lowest BCUT2D eigenvalue weighted by molar-refractivity contribution is -0.141. The molecule has 1 aliphatic rings. The molecule has 1 saturated heterocycles. The van der Waals surface area contributed by atoms with Gasteiger partial charge in [0.15, 0.2) is 0 Å². The predicted octanol–water partition coefficient (Wildman–Crippen LogP) is 1.16. The maximum Gasteiger partial charge on any atom is 0.309 e. The molecule has 4 heteroatoms. The number of esters is 1. The van der Waals surface area contributed by atoms with E-state index >= 15 is 0 Å². The number of rotatable bonds is 3. The van der Waals surface area contributed by atoms with Gasteiger partial charge in [0, 0.05) is 31.7 Å². The van der Waals surface area contributed by atoms with Gasteiger partial charge in [-0.2, -0.15) is 0 Å². The van der Waals surface area contributed by atoms with Crippen LogP contribution in [0.3, 0.4) is 0 Å². The topological polar surface area (TPSA) is 44.1 Å². The average molecular weight is 213 g/mol. The minimum absolute atomic E-state index is 0.113. The number of hydrogen-bond donors (Lipinski definition) is 0. The Morgan fingerprint density at radius 1 is 1.87 bits per heavy atom. The molecule has 1 aromatic heterocycles. The summed E-state index contributed by atoms with van der Waals surface area (Å²) < 4.78 is 44.7. The second kappa shape index (κ2) is 4.04. The van der Waals surface area contributed by atoms with Crippen LogP contribution in [0.4, 0.5) is 0 Å². The number of hydrogen-bond acceptors (Lipinski definition) is 3. The molecule has 0 spiro atoms. The lowest BCUT2D eigenvalue weighted by Crippen LogP contribution is -2.18. The highest BCUT2D eigenvalue weighted by molar-refractivity contribution is 5.74. The summed E-state index contributed by atoms with van der Waals surface area (Å²) in [6, 6.07) is 0. The Bertz CT molecular complexity index is 511. The second-order valence-corrected chi connectivity index (χ2v) is 3.58. The molecule has 2 heterocycles. The number of imidazole rings is 1. The number of carbonyl (C=O) groups excluding carboxylic acids is 1. The van der Waals surface area contributed by atoms with Crippen molar-refractivity contribution >= 4 is 5.97 Å². The Hall–Kier alpha value is -1.32. The molecule has 0 aromatic carbocycles. The van der Waals surface area contributed by atoms with Crippen molar-refractivity contribution in [2.24, 2.45) is 18.9 Å². The summed E-state index contributed by atoms with van der Waals surface area (Å²) in [7, 11) is 1.65. The fourth-order valence-corrected chi connectivity index (χ4v) is 1.61. The first-order valence-corrected chi connectivity index (χ1v) is 4.76. The van der Waals surface area contributed by atoms with Crippen molar-refractivity contribution in [2.45, 2.75) is 19.6 Å². The molecule has 2 atom stereocenters. The summed E-state index contributed by atoms with van der Waals surface area (Å²) in [5.41, 5.74) is 0.302. The smallest absolute Gasteiger partial charge is 0.309 e. The monoisotopic (exact) mass is 213 g/mol. The van der Waals surface area contributed by atoms with Gasteiger partial charge in [-0.1, -0.05) is 6.85 Å². The number of cyclic esters (lactones) is 1. The predicted molar refractivity (Wildman–Crippen MR) is 55.1 cm³/mol. The summed E-state index contributed by atoms with van der Waals surface area (Å²) in [4.78, 5) is 15.6. The lowest BCUT2D eigenvalue weighted by Gasteiger charge is -2.12. The van der Waals surface area contributed by atoms with E-state index in [0.717, 1.165) is 0 Å². The van der Waals surface area contributed by atoms with E-state index in [1.807, 2.05) is 0 Å². The van der Waals surface area contributed by atoms with Crippen molar-refractivity contribution in [3.05, 3.63) is 18.2 Å². The summed E-state index contributed by atoms with van der Waals surface area (Å²) in [6.45, 7) is -2.41. The molecule has 0 bridgehead atoms.